The summed E-state index contributed by atoms with van der Waals surface area (Å²) in [6, 6.07) is 10.3. The molecule has 4 N–H and O–H groups in total. The number of rotatable bonds is 8. The van der Waals surface area contributed by atoms with Crippen molar-refractivity contribution in [2.75, 3.05) is 6.54 Å². The molecule has 1 aromatic carbocycles. The molecule has 1 rings (SSSR count). The summed E-state index contributed by atoms with van der Waals surface area (Å²) in [5.74, 6) is 0.858. The molecule has 3 unspecified atom stereocenters. The summed E-state index contributed by atoms with van der Waals surface area (Å²) in [5, 5.41) is 15.6. The first-order chi connectivity index (χ1) is 9.58. The highest BCUT2D eigenvalue weighted by atomic mass is 16.4. The molecule has 0 amide bonds. The third-order valence-electron chi connectivity index (χ3n) is 3.80. The Morgan fingerprint density at radius 3 is 2.50 bits per heavy atom. The van der Waals surface area contributed by atoms with Gasteiger partial charge in [-0.3, -0.25) is 0 Å². The van der Waals surface area contributed by atoms with Gasteiger partial charge in [-0.2, -0.15) is 0 Å². The molecule has 0 fully saturated rings. The summed E-state index contributed by atoms with van der Waals surface area (Å²) in [6.45, 7) is 7.33. The van der Waals surface area contributed by atoms with Crippen LogP contribution in [0.15, 0.2) is 35.5 Å². The van der Waals surface area contributed by atoms with Crippen LogP contribution in [-0.4, -0.2) is 23.6 Å². The van der Waals surface area contributed by atoms with E-state index in [0.29, 0.717) is 18.5 Å². The quantitative estimate of drug-likeness (QED) is 0.296. The maximum atomic E-state index is 8.95. The average molecular weight is 277 g/mol. The van der Waals surface area contributed by atoms with Crippen molar-refractivity contribution in [1.29, 1.82) is 0 Å². The lowest BCUT2D eigenvalue weighted by Crippen LogP contribution is -2.36. The van der Waals surface area contributed by atoms with Crippen molar-refractivity contribution < 1.29 is 5.21 Å². The van der Waals surface area contributed by atoms with Gasteiger partial charge in [0.1, 0.15) is 5.84 Å². The fourth-order valence-corrected chi connectivity index (χ4v) is 2.32. The predicted molar refractivity (Wildman–Crippen MR) is 84.1 cm³/mol. The van der Waals surface area contributed by atoms with E-state index in [-0.39, 0.29) is 11.8 Å². The van der Waals surface area contributed by atoms with Crippen LogP contribution in [-0.2, 0) is 0 Å². The Morgan fingerprint density at radius 2 is 1.95 bits per heavy atom. The van der Waals surface area contributed by atoms with E-state index in [1.807, 2.05) is 30.3 Å². The first-order valence-electron chi connectivity index (χ1n) is 7.34. The molecule has 112 valence electrons. The Morgan fingerprint density at radius 1 is 1.30 bits per heavy atom. The maximum Gasteiger partial charge on any atom is 0.147 e. The molecule has 0 aliphatic heterocycles. The molecule has 4 heteroatoms. The second kappa shape index (κ2) is 8.59. The van der Waals surface area contributed by atoms with Crippen LogP contribution >= 0.6 is 0 Å². The van der Waals surface area contributed by atoms with Crippen molar-refractivity contribution in [3.8, 4) is 0 Å². The topological polar surface area (TPSA) is 70.6 Å². The summed E-state index contributed by atoms with van der Waals surface area (Å²) < 4.78 is 0. The lowest BCUT2D eigenvalue weighted by molar-refractivity contribution is 0.315. The van der Waals surface area contributed by atoms with Crippen LogP contribution in [0.25, 0.3) is 0 Å². The van der Waals surface area contributed by atoms with E-state index in [1.165, 1.54) is 6.42 Å². The zero-order chi connectivity index (χ0) is 15.0. The number of nitrogens with two attached hydrogens (primary N) is 1. The Kier molecular flexibility index (Phi) is 7.09. The van der Waals surface area contributed by atoms with Gasteiger partial charge in [-0.25, -0.2) is 0 Å². The molecule has 0 aliphatic carbocycles. The molecule has 1 aromatic rings. The van der Waals surface area contributed by atoms with Crippen molar-refractivity contribution >= 4 is 5.84 Å². The summed E-state index contributed by atoms with van der Waals surface area (Å²) >= 11 is 0. The van der Waals surface area contributed by atoms with Crippen LogP contribution < -0.4 is 11.1 Å². The number of amidine groups is 1. The van der Waals surface area contributed by atoms with E-state index in [2.05, 4.69) is 31.2 Å². The van der Waals surface area contributed by atoms with Crippen molar-refractivity contribution in [2.45, 2.75) is 45.6 Å². The van der Waals surface area contributed by atoms with E-state index in [4.69, 9.17) is 10.9 Å². The van der Waals surface area contributed by atoms with Crippen molar-refractivity contribution in [3.63, 3.8) is 0 Å². The van der Waals surface area contributed by atoms with Gasteiger partial charge in [0.25, 0.3) is 0 Å². The molecule has 0 aromatic heterocycles. The second-order valence-corrected chi connectivity index (χ2v) is 5.55. The Balaban J connectivity index is 2.63. The van der Waals surface area contributed by atoms with Crippen LogP contribution in [0.5, 0.6) is 0 Å². The molecule has 0 spiro atoms. The molecule has 0 saturated carbocycles. The molecule has 0 bridgehead atoms. The molecule has 0 radical (unpaired) electrons. The standard InChI is InChI=1S/C16H27N3O/c1-4-12(2)10-13(3)18-11-15(16(17)19-20)14-8-6-5-7-9-14/h5-9,12-13,15,18,20H,4,10-11H2,1-3H3,(H2,17,19). The molecular formula is C16H27N3O. The SMILES string of the molecule is CCC(C)CC(C)NCC(C(N)=NO)c1ccccc1. The van der Waals surface area contributed by atoms with Gasteiger partial charge in [-0.05, 0) is 24.8 Å². The minimum Gasteiger partial charge on any atom is -0.409 e. The second-order valence-electron chi connectivity index (χ2n) is 5.55. The van der Waals surface area contributed by atoms with E-state index in [9.17, 15) is 0 Å². The average Bonchev–Trinajstić information content (AvgIpc) is 2.48. The smallest absolute Gasteiger partial charge is 0.147 e. The Labute approximate surface area is 122 Å². The molecular weight excluding hydrogens is 250 g/mol. The third-order valence-corrected chi connectivity index (χ3v) is 3.80. The Bertz CT molecular complexity index is 405. The zero-order valence-electron chi connectivity index (χ0n) is 12.7. The number of oxime groups is 1. The molecule has 4 nitrogen and oxygen atoms in total. The lowest BCUT2D eigenvalue weighted by Gasteiger charge is -2.22. The normalized spacial score (nSPS) is 16.6. The number of hydrogen-bond acceptors (Lipinski definition) is 3. The highest BCUT2D eigenvalue weighted by Gasteiger charge is 2.17. The number of nitrogens with zero attached hydrogens (tertiary/aromatic N) is 1. The third kappa shape index (κ3) is 5.21. The number of nitrogens with one attached hydrogen (secondary N) is 1. The summed E-state index contributed by atoms with van der Waals surface area (Å²) in [6.07, 6.45) is 2.32. The lowest BCUT2D eigenvalue weighted by atomic mass is 9.96. The highest BCUT2D eigenvalue weighted by Crippen LogP contribution is 2.16. The predicted octanol–water partition coefficient (Wildman–Crippen LogP) is 2.93. The van der Waals surface area contributed by atoms with Crippen LogP contribution in [0.2, 0.25) is 0 Å². The van der Waals surface area contributed by atoms with Gasteiger partial charge in [-0.1, -0.05) is 55.8 Å². The maximum absolute atomic E-state index is 8.95. The zero-order valence-corrected chi connectivity index (χ0v) is 12.7. The number of hydrogen-bond donors (Lipinski definition) is 3. The van der Waals surface area contributed by atoms with Gasteiger partial charge in [0, 0.05) is 12.6 Å². The molecule has 20 heavy (non-hydrogen) atoms. The van der Waals surface area contributed by atoms with E-state index in [1.54, 1.807) is 0 Å². The van der Waals surface area contributed by atoms with Crippen molar-refractivity contribution in [1.82, 2.24) is 5.32 Å². The minimum absolute atomic E-state index is 0.0967. The Hall–Kier alpha value is -1.55. The largest absolute Gasteiger partial charge is 0.409 e. The fourth-order valence-electron chi connectivity index (χ4n) is 2.32. The van der Waals surface area contributed by atoms with E-state index >= 15 is 0 Å². The molecule has 3 atom stereocenters. The van der Waals surface area contributed by atoms with Gasteiger partial charge in [-0.15, -0.1) is 0 Å². The van der Waals surface area contributed by atoms with Gasteiger partial charge >= 0.3 is 0 Å². The van der Waals surface area contributed by atoms with E-state index in [0.717, 1.165) is 12.0 Å². The van der Waals surface area contributed by atoms with Crippen LogP contribution in [0.1, 0.15) is 45.1 Å². The summed E-state index contributed by atoms with van der Waals surface area (Å²) in [4.78, 5) is 0. The van der Waals surface area contributed by atoms with Gasteiger partial charge in [0.05, 0.1) is 5.92 Å². The van der Waals surface area contributed by atoms with Crippen molar-refractivity contribution in [2.24, 2.45) is 16.8 Å². The first kappa shape index (κ1) is 16.5. The van der Waals surface area contributed by atoms with Gasteiger partial charge in [0.15, 0.2) is 0 Å². The summed E-state index contributed by atoms with van der Waals surface area (Å²) in [7, 11) is 0. The van der Waals surface area contributed by atoms with Gasteiger partial charge in [0.2, 0.25) is 0 Å². The van der Waals surface area contributed by atoms with E-state index < -0.39 is 0 Å². The molecule has 0 saturated heterocycles. The van der Waals surface area contributed by atoms with Crippen LogP contribution in [0.4, 0.5) is 0 Å². The van der Waals surface area contributed by atoms with Crippen LogP contribution in [0.3, 0.4) is 0 Å². The van der Waals surface area contributed by atoms with Crippen molar-refractivity contribution in [3.05, 3.63) is 35.9 Å². The first-order valence-corrected chi connectivity index (χ1v) is 7.34. The molecule has 0 aliphatic rings. The van der Waals surface area contributed by atoms with Gasteiger partial charge < -0.3 is 16.3 Å². The summed E-state index contributed by atoms with van der Waals surface area (Å²) in [5.41, 5.74) is 6.88. The minimum atomic E-state index is -0.0967. The number of benzene rings is 1. The fraction of sp³-hybridized carbons (Fsp3) is 0.562. The molecule has 0 heterocycles. The van der Waals surface area contributed by atoms with Crippen LogP contribution in [0, 0.1) is 5.92 Å². The monoisotopic (exact) mass is 277 g/mol. The highest BCUT2D eigenvalue weighted by molar-refractivity contribution is 5.87.